The minimum Gasteiger partial charge on any atom is -0.308 e. The highest BCUT2D eigenvalue weighted by atomic mass is 32.1. The first-order chi connectivity index (χ1) is 7.74. The number of amides is 2. The van der Waals surface area contributed by atoms with E-state index in [0.29, 0.717) is 10.7 Å². The van der Waals surface area contributed by atoms with E-state index in [1.807, 2.05) is 0 Å². The second kappa shape index (κ2) is 4.67. The van der Waals surface area contributed by atoms with Crippen LogP contribution in [-0.2, 0) is 0 Å². The SMILES string of the molecule is O=C(Nc1ccc(F)cc1)Nc1cnns1. The van der Waals surface area contributed by atoms with Gasteiger partial charge < -0.3 is 5.32 Å². The van der Waals surface area contributed by atoms with Gasteiger partial charge in [0.25, 0.3) is 0 Å². The molecular formula is C9H7FN4OS. The number of halogens is 1. The summed E-state index contributed by atoms with van der Waals surface area (Å²) >= 11 is 1.07. The minimum absolute atomic E-state index is 0.349. The molecule has 0 radical (unpaired) electrons. The molecule has 5 nitrogen and oxygen atoms in total. The topological polar surface area (TPSA) is 66.9 Å². The average molecular weight is 238 g/mol. The molecule has 0 atom stereocenters. The molecule has 7 heteroatoms. The Kier molecular flexibility index (Phi) is 3.06. The van der Waals surface area contributed by atoms with E-state index in [1.54, 1.807) is 0 Å². The summed E-state index contributed by atoms with van der Waals surface area (Å²) < 4.78 is 16.2. The van der Waals surface area contributed by atoms with Crippen LogP contribution >= 0.6 is 11.5 Å². The number of carbonyl (C=O) groups excluding carboxylic acids is 1. The van der Waals surface area contributed by atoms with Crippen LogP contribution in [0.25, 0.3) is 0 Å². The lowest BCUT2D eigenvalue weighted by molar-refractivity contribution is 0.262. The van der Waals surface area contributed by atoms with Crippen molar-refractivity contribution >= 4 is 28.3 Å². The molecule has 16 heavy (non-hydrogen) atoms. The fourth-order valence-electron chi connectivity index (χ4n) is 1.03. The Hall–Kier alpha value is -2.02. The largest absolute Gasteiger partial charge is 0.324 e. The maximum absolute atomic E-state index is 12.6. The zero-order valence-corrected chi connectivity index (χ0v) is 8.79. The molecule has 2 aromatic rings. The molecule has 1 aromatic carbocycles. The zero-order valence-electron chi connectivity index (χ0n) is 7.98. The zero-order chi connectivity index (χ0) is 11.4. The molecule has 82 valence electrons. The first-order valence-corrected chi connectivity index (χ1v) is 5.12. The molecule has 2 rings (SSSR count). The number of nitrogens with one attached hydrogen (secondary N) is 2. The van der Waals surface area contributed by atoms with Gasteiger partial charge in [-0.15, -0.1) is 5.10 Å². The fraction of sp³-hybridized carbons (Fsp3) is 0. The molecule has 0 aliphatic heterocycles. The highest BCUT2D eigenvalue weighted by molar-refractivity contribution is 7.10. The van der Waals surface area contributed by atoms with Crippen molar-refractivity contribution in [2.75, 3.05) is 10.6 Å². The summed E-state index contributed by atoms with van der Waals surface area (Å²) in [5, 5.41) is 9.19. The summed E-state index contributed by atoms with van der Waals surface area (Å²) in [4.78, 5) is 11.4. The summed E-state index contributed by atoms with van der Waals surface area (Å²) in [5.74, 6) is -0.349. The average Bonchev–Trinajstić information content (AvgIpc) is 2.74. The van der Waals surface area contributed by atoms with Crippen molar-refractivity contribution in [2.24, 2.45) is 0 Å². The van der Waals surface area contributed by atoms with Gasteiger partial charge in [0, 0.05) is 17.2 Å². The number of urea groups is 1. The Bertz CT molecular complexity index is 471. The lowest BCUT2D eigenvalue weighted by atomic mass is 10.3. The molecule has 0 saturated carbocycles. The second-order valence-electron chi connectivity index (χ2n) is 2.87. The van der Waals surface area contributed by atoms with E-state index in [9.17, 15) is 9.18 Å². The van der Waals surface area contributed by atoms with Gasteiger partial charge in [0.2, 0.25) is 0 Å². The van der Waals surface area contributed by atoms with Crippen LogP contribution in [0.1, 0.15) is 0 Å². The second-order valence-corrected chi connectivity index (χ2v) is 3.65. The van der Waals surface area contributed by atoms with Gasteiger partial charge in [0.05, 0.1) is 6.20 Å². The fourth-order valence-corrected chi connectivity index (χ4v) is 1.44. The van der Waals surface area contributed by atoms with Crippen molar-refractivity contribution in [1.29, 1.82) is 0 Å². The van der Waals surface area contributed by atoms with Crippen molar-refractivity contribution in [3.63, 3.8) is 0 Å². The Morgan fingerprint density at radius 2 is 2.00 bits per heavy atom. The van der Waals surface area contributed by atoms with Gasteiger partial charge in [-0.1, -0.05) is 4.49 Å². The van der Waals surface area contributed by atoms with Crippen LogP contribution in [0.2, 0.25) is 0 Å². The van der Waals surface area contributed by atoms with Gasteiger partial charge in [-0.05, 0) is 24.3 Å². The molecule has 0 spiro atoms. The minimum atomic E-state index is -0.419. The van der Waals surface area contributed by atoms with Gasteiger partial charge in [-0.25, -0.2) is 9.18 Å². The first kappa shape index (κ1) is 10.5. The van der Waals surface area contributed by atoms with Crippen LogP contribution < -0.4 is 10.6 Å². The molecule has 1 aromatic heterocycles. The van der Waals surface area contributed by atoms with E-state index in [2.05, 4.69) is 20.2 Å². The Balaban J connectivity index is 1.95. The smallest absolute Gasteiger partial charge is 0.308 e. The van der Waals surface area contributed by atoms with Crippen LogP contribution in [0.3, 0.4) is 0 Å². The summed E-state index contributed by atoms with van der Waals surface area (Å²) in [6.07, 6.45) is 1.44. The van der Waals surface area contributed by atoms with E-state index in [0.717, 1.165) is 11.5 Å². The van der Waals surface area contributed by atoms with Crippen molar-refractivity contribution in [2.45, 2.75) is 0 Å². The lowest BCUT2D eigenvalue weighted by Crippen LogP contribution is -2.18. The van der Waals surface area contributed by atoms with Crippen molar-refractivity contribution in [3.05, 3.63) is 36.3 Å². The van der Waals surface area contributed by atoms with E-state index >= 15 is 0 Å². The Morgan fingerprint density at radius 1 is 1.25 bits per heavy atom. The number of benzene rings is 1. The molecule has 1 heterocycles. The number of anilines is 2. The van der Waals surface area contributed by atoms with Gasteiger partial charge in [0.1, 0.15) is 10.8 Å². The summed E-state index contributed by atoms with van der Waals surface area (Å²) in [6, 6.07) is 5.06. The molecular weight excluding hydrogens is 231 g/mol. The molecule has 0 aliphatic rings. The maximum Gasteiger partial charge on any atom is 0.324 e. The number of hydrogen-bond donors (Lipinski definition) is 2. The predicted molar refractivity (Wildman–Crippen MR) is 59.0 cm³/mol. The number of aromatic nitrogens is 2. The Labute approximate surface area is 94.5 Å². The first-order valence-electron chi connectivity index (χ1n) is 4.35. The number of carbonyl (C=O) groups is 1. The quantitative estimate of drug-likeness (QED) is 0.843. The summed E-state index contributed by atoms with van der Waals surface area (Å²) in [6.45, 7) is 0. The lowest BCUT2D eigenvalue weighted by Gasteiger charge is -2.04. The molecule has 0 aliphatic carbocycles. The van der Waals surface area contributed by atoms with Gasteiger partial charge in [-0.3, -0.25) is 5.32 Å². The van der Waals surface area contributed by atoms with E-state index < -0.39 is 6.03 Å². The molecule has 0 unspecified atom stereocenters. The van der Waals surface area contributed by atoms with Crippen molar-refractivity contribution in [3.8, 4) is 0 Å². The van der Waals surface area contributed by atoms with Crippen LogP contribution in [0, 0.1) is 5.82 Å². The molecule has 0 fully saturated rings. The number of nitrogens with zero attached hydrogens (tertiary/aromatic N) is 2. The number of hydrogen-bond acceptors (Lipinski definition) is 4. The monoisotopic (exact) mass is 238 g/mol. The highest BCUT2D eigenvalue weighted by Crippen LogP contribution is 2.11. The molecule has 0 bridgehead atoms. The van der Waals surface area contributed by atoms with Crippen molar-refractivity contribution in [1.82, 2.24) is 9.59 Å². The van der Waals surface area contributed by atoms with Crippen LogP contribution in [-0.4, -0.2) is 15.6 Å². The van der Waals surface area contributed by atoms with Gasteiger partial charge >= 0.3 is 6.03 Å². The molecule has 2 amide bonds. The van der Waals surface area contributed by atoms with Crippen molar-refractivity contribution < 1.29 is 9.18 Å². The normalized spacial score (nSPS) is 9.81. The summed E-state index contributed by atoms with van der Waals surface area (Å²) in [5.41, 5.74) is 0.511. The third kappa shape index (κ3) is 2.74. The standard InChI is InChI=1S/C9H7FN4OS/c10-6-1-3-7(4-2-6)12-9(15)13-8-5-11-14-16-8/h1-5H,(H2,12,13,15). The van der Waals surface area contributed by atoms with Crippen LogP contribution in [0.15, 0.2) is 30.5 Å². The van der Waals surface area contributed by atoms with Gasteiger partial charge in [0.15, 0.2) is 0 Å². The third-order valence-electron chi connectivity index (χ3n) is 1.70. The molecule has 0 saturated heterocycles. The van der Waals surface area contributed by atoms with Gasteiger partial charge in [-0.2, -0.15) is 0 Å². The van der Waals surface area contributed by atoms with Crippen LogP contribution in [0.4, 0.5) is 19.9 Å². The molecule has 2 N–H and O–H groups in total. The maximum atomic E-state index is 12.6. The third-order valence-corrected chi connectivity index (χ3v) is 2.28. The van der Waals surface area contributed by atoms with E-state index in [1.165, 1.54) is 30.5 Å². The van der Waals surface area contributed by atoms with E-state index in [-0.39, 0.29) is 5.82 Å². The van der Waals surface area contributed by atoms with Crippen LogP contribution in [0.5, 0.6) is 0 Å². The number of rotatable bonds is 2. The predicted octanol–water partition coefficient (Wildman–Crippen LogP) is 2.32. The highest BCUT2D eigenvalue weighted by Gasteiger charge is 2.03. The Morgan fingerprint density at radius 3 is 2.62 bits per heavy atom. The summed E-state index contributed by atoms with van der Waals surface area (Å²) in [7, 11) is 0. The van der Waals surface area contributed by atoms with E-state index in [4.69, 9.17) is 0 Å².